The fraction of sp³-hybridized carbons (Fsp3) is 0.0556. The van der Waals surface area contributed by atoms with Crippen LogP contribution in [0.2, 0.25) is 5.02 Å². The van der Waals surface area contributed by atoms with Gasteiger partial charge < -0.3 is 10.5 Å². The average molecular weight is 387 g/mol. The first-order valence-corrected chi connectivity index (χ1v) is 8.78. The minimum atomic E-state index is -0.433. The van der Waals surface area contributed by atoms with Gasteiger partial charge in [0, 0.05) is 16.3 Å². The van der Waals surface area contributed by atoms with Crippen LogP contribution < -0.4 is 10.5 Å². The van der Waals surface area contributed by atoms with E-state index in [1.165, 1.54) is 36.6 Å². The standard InChI is InChI=1S/C18H12ClFN4OS/c1-25-17-12(18-22-14-5-3-10(21)7-16(14)26-18)8-15(23-24-17)11-6-9(19)2-4-13(11)20/h2-8H,21H2,1H3. The van der Waals surface area contributed by atoms with Crippen molar-refractivity contribution in [2.24, 2.45) is 0 Å². The minimum absolute atomic E-state index is 0.263. The Labute approximate surface area is 157 Å². The smallest absolute Gasteiger partial charge is 0.243 e. The highest BCUT2D eigenvalue weighted by molar-refractivity contribution is 7.21. The lowest BCUT2D eigenvalue weighted by Gasteiger charge is -2.07. The Kier molecular flexibility index (Phi) is 4.18. The quantitative estimate of drug-likeness (QED) is 0.512. The van der Waals surface area contributed by atoms with Gasteiger partial charge in [-0.1, -0.05) is 11.6 Å². The Hall–Kier alpha value is -2.77. The van der Waals surface area contributed by atoms with Crippen molar-refractivity contribution in [2.45, 2.75) is 0 Å². The van der Waals surface area contributed by atoms with Gasteiger partial charge in [0.2, 0.25) is 5.88 Å². The predicted molar refractivity (Wildman–Crippen MR) is 102 cm³/mol. The number of fused-ring (bicyclic) bond motifs is 1. The first-order valence-electron chi connectivity index (χ1n) is 7.59. The second-order valence-electron chi connectivity index (χ2n) is 5.52. The van der Waals surface area contributed by atoms with Crippen LogP contribution in [-0.2, 0) is 0 Å². The number of ether oxygens (including phenoxy) is 1. The molecule has 0 spiro atoms. The maximum absolute atomic E-state index is 14.2. The lowest BCUT2D eigenvalue weighted by molar-refractivity contribution is 0.394. The number of thiazole rings is 1. The van der Waals surface area contributed by atoms with Crippen molar-refractivity contribution in [1.82, 2.24) is 15.2 Å². The van der Waals surface area contributed by atoms with Crippen LogP contribution in [0.3, 0.4) is 0 Å². The van der Waals surface area contributed by atoms with Gasteiger partial charge in [-0.25, -0.2) is 9.37 Å². The number of hydrogen-bond donors (Lipinski definition) is 1. The molecule has 2 heterocycles. The third kappa shape index (κ3) is 2.95. The molecule has 0 fully saturated rings. The Bertz CT molecular complexity index is 1130. The van der Waals surface area contributed by atoms with Crippen LogP contribution >= 0.6 is 22.9 Å². The van der Waals surface area contributed by atoms with Gasteiger partial charge in [0.1, 0.15) is 10.8 Å². The molecule has 26 heavy (non-hydrogen) atoms. The number of anilines is 1. The summed E-state index contributed by atoms with van der Waals surface area (Å²) in [5.74, 6) is -0.125. The largest absolute Gasteiger partial charge is 0.479 e. The summed E-state index contributed by atoms with van der Waals surface area (Å²) in [6.45, 7) is 0. The zero-order valence-electron chi connectivity index (χ0n) is 13.5. The molecule has 4 rings (SSSR count). The monoisotopic (exact) mass is 386 g/mol. The zero-order valence-corrected chi connectivity index (χ0v) is 15.1. The number of methoxy groups -OCH3 is 1. The second-order valence-corrected chi connectivity index (χ2v) is 6.99. The molecule has 0 aliphatic carbocycles. The molecule has 130 valence electrons. The SMILES string of the molecule is COc1nnc(-c2cc(Cl)ccc2F)cc1-c1nc2ccc(N)cc2s1. The van der Waals surface area contributed by atoms with Crippen LogP contribution in [0, 0.1) is 5.82 Å². The fourth-order valence-electron chi connectivity index (χ4n) is 2.57. The summed E-state index contributed by atoms with van der Waals surface area (Å²) in [6, 6.07) is 11.5. The second kappa shape index (κ2) is 6.51. The Morgan fingerprint density at radius 3 is 2.73 bits per heavy atom. The molecule has 0 saturated carbocycles. The molecule has 0 aliphatic rings. The number of hydrogen-bond acceptors (Lipinski definition) is 6. The van der Waals surface area contributed by atoms with Crippen molar-refractivity contribution < 1.29 is 9.13 Å². The molecule has 0 saturated heterocycles. The van der Waals surface area contributed by atoms with E-state index in [9.17, 15) is 4.39 Å². The van der Waals surface area contributed by atoms with E-state index in [1.807, 2.05) is 12.1 Å². The van der Waals surface area contributed by atoms with Crippen LogP contribution in [0.15, 0.2) is 42.5 Å². The molecule has 0 atom stereocenters. The molecular weight excluding hydrogens is 375 g/mol. The number of nitrogens with two attached hydrogens (primary N) is 1. The van der Waals surface area contributed by atoms with Crippen molar-refractivity contribution in [3.05, 3.63) is 53.3 Å². The molecule has 2 aromatic heterocycles. The lowest BCUT2D eigenvalue weighted by Crippen LogP contribution is -1.97. The van der Waals surface area contributed by atoms with Gasteiger partial charge in [-0.15, -0.1) is 21.5 Å². The molecule has 8 heteroatoms. The summed E-state index contributed by atoms with van der Waals surface area (Å²) in [5, 5.41) is 9.22. The lowest BCUT2D eigenvalue weighted by atomic mass is 10.1. The third-order valence-electron chi connectivity index (χ3n) is 3.80. The number of benzene rings is 2. The number of rotatable bonds is 3. The summed E-state index contributed by atoms with van der Waals surface area (Å²) < 4.78 is 20.5. The number of halogens is 2. The van der Waals surface area contributed by atoms with Crippen molar-refractivity contribution in [2.75, 3.05) is 12.8 Å². The molecule has 4 aromatic rings. The molecule has 0 amide bonds. The van der Waals surface area contributed by atoms with Gasteiger partial charge in [0.05, 0.1) is 28.6 Å². The summed E-state index contributed by atoms with van der Waals surface area (Å²) in [5.41, 5.74) is 8.54. The Morgan fingerprint density at radius 2 is 1.92 bits per heavy atom. The molecule has 0 bridgehead atoms. The average Bonchev–Trinajstić information content (AvgIpc) is 3.06. The van der Waals surface area contributed by atoms with E-state index in [0.717, 1.165) is 10.2 Å². The molecule has 0 radical (unpaired) electrons. The maximum atomic E-state index is 14.2. The van der Waals surface area contributed by atoms with Crippen molar-refractivity contribution >= 4 is 38.8 Å². The van der Waals surface area contributed by atoms with Gasteiger partial charge in [0.15, 0.2) is 0 Å². The van der Waals surface area contributed by atoms with Gasteiger partial charge in [0.25, 0.3) is 0 Å². The Morgan fingerprint density at radius 1 is 1.08 bits per heavy atom. The van der Waals surface area contributed by atoms with E-state index >= 15 is 0 Å². The molecule has 2 N–H and O–H groups in total. The summed E-state index contributed by atoms with van der Waals surface area (Å²) in [6.07, 6.45) is 0. The predicted octanol–water partition coefficient (Wildman–Crippen LogP) is 4.80. The van der Waals surface area contributed by atoms with E-state index in [1.54, 1.807) is 12.1 Å². The topological polar surface area (TPSA) is 73.9 Å². The molecule has 5 nitrogen and oxygen atoms in total. The van der Waals surface area contributed by atoms with Crippen molar-refractivity contribution in [3.8, 4) is 27.7 Å². The van der Waals surface area contributed by atoms with Crippen LogP contribution in [0.4, 0.5) is 10.1 Å². The first kappa shape index (κ1) is 16.7. The first-order chi connectivity index (χ1) is 12.5. The van der Waals surface area contributed by atoms with Crippen LogP contribution in [0.25, 0.3) is 32.0 Å². The van der Waals surface area contributed by atoms with Crippen molar-refractivity contribution in [3.63, 3.8) is 0 Å². The number of nitrogens with zero attached hydrogens (tertiary/aromatic N) is 3. The molecule has 0 unspecified atom stereocenters. The summed E-state index contributed by atoms with van der Waals surface area (Å²) in [7, 11) is 1.50. The van der Waals surface area contributed by atoms with Gasteiger partial charge >= 0.3 is 0 Å². The van der Waals surface area contributed by atoms with Gasteiger partial charge in [-0.05, 0) is 42.5 Å². The highest BCUT2D eigenvalue weighted by Crippen LogP contribution is 2.37. The van der Waals surface area contributed by atoms with Crippen molar-refractivity contribution in [1.29, 1.82) is 0 Å². The van der Waals surface area contributed by atoms with Gasteiger partial charge in [-0.3, -0.25) is 0 Å². The zero-order chi connectivity index (χ0) is 18.3. The summed E-state index contributed by atoms with van der Waals surface area (Å²) in [4.78, 5) is 4.60. The van der Waals surface area contributed by atoms with Gasteiger partial charge in [-0.2, -0.15) is 0 Å². The summed E-state index contributed by atoms with van der Waals surface area (Å²) >= 11 is 7.44. The van der Waals surface area contributed by atoms with Crippen LogP contribution in [-0.4, -0.2) is 22.3 Å². The molecule has 0 aliphatic heterocycles. The van der Waals surface area contributed by atoms with E-state index in [-0.39, 0.29) is 5.56 Å². The third-order valence-corrected chi connectivity index (χ3v) is 5.09. The number of aromatic nitrogens is 3. The Balaban J connectivity index is 1.90. The highest BCUT2D eigenvalue weighted by atomic mass is 35.5. The maximum Gasteiger partial charge on any atom is 0.243 e. The normalized spacial score (nSPS) is 11.0. The number of nitrogen functional groups attached to an aromatic ring is 1. The van der Waals surface area contributed by atoms with Crippen LogP contribution in [0.1, 0.15) is 0 Å². The molecule has 2 aromatic carbocycles. The molecular formula is C18H12ClFN4OS. The fourth-order valence-corrected chi connectivity index (χ4v) is 3.76. The van der Waals surface area contributed by atoms with E-state index in [4.69, 9.17) is 22.1 Å². The van der Waals surface area contributed by atoms with E-state index < -0.39 is 5.82 Å². The van der Waals surface area contributed by atoms with E-state index in [2.05, 4.69) is 15.2 Å². The highest BCUT2D eigenvalue weighted by Gasteiger charge is 2.17. The minimum Gasteiger partial charge on any atom is -0.479 e. The van der Waals surface area contributed by atoms with Crippen LogP contribution in [0.5, 0.6) is 5.88 Å². The van der Waals surface area contributed by atoms with E-state index in [0.29, 0.717) is 32.9 Å².